The molecule has 1 N–H and O–H groups in total. The molecule has 0 aromatic rings. The molecule has 0 rings (SSSR count). The average Bonchev–Trinajstić information content (AvgIpc) is 1.99. The van der Waals surface area contributed by atoms with Gasteiger partial charge in [-0.15, -0.1) is 6.42 Å². The lowest BCUT2D eigenvalue weighted by Crippen LogP contribution is -2.17. The molecule has 0 aromatic carbocycles. The van der Waals surface area contributed by atoms with Crippen molar-refractivity contribution in [3.05, 3.63) is 0 Å². The molecule has 10 heavy (non-hydrogen) atoms. The Kier molecular flexibility index (Phi) is 5.00. The van der Waals surface area contributed by atoms with Crippen LogP contribution in [-0.2, 0) is 4.74 Å². The molecular weight excluding hydrogens is 128 g/mol. The summed E-state index contributed by atoms with van der Waals surface area (Å²) < 4.78 is 5.06. The highest BCUT2D eigenvalue weighted by Gasteiger charge is 2.02. The molecule has 58 valence electrons. The van der Waals surface area contributed by atoms with Gasteiger partial charge in [-0.25, -0.2) is 0 Å². The van der Waals surface area contributed by atoms with E-state index in [-0.39, 0.29) is 12.2 Å². The Balaban J connectivity index is 3.28. The molecule has 0 saturated carbocycles. The van der Waals surface area contributed by atoms with Crippen molar-refractivity contribution in [2.45, 2.75) is 32.5 Å². The number of ether oxygens (including phenoxy) is 1. The highest BCUT2D eigenvalue weighted by Crippen LogP contribution is 1.94. The summed E-state index contributed by atoms with van der Waals surface area (Å²) in [4.78, 5) is 0. The number of terminal acetylenes is 1. The van der Waals surface area contributed by atoms with Gasteiger partial charge in [0.2, 0.25) is 0 Å². The first-order chi connectivity index (χ1) is 4.70. The maximum Gasteiger partial charge on any atom is 0.115 e. The topological polar surface area (TPSA) is 29.5 Å². The average molecular weight is 142 g/mol. The molecule has 0 radical (unpaired) electrons. The lowest BCUT2D eigenvalue weighted by Gasteiger charge is -2.10. The summed E-state index contributed by atoms with van der Waals surface area (Å²) in [5.74, 6) is 2.41. The molecule has 2 atom stereocenters. The third-order valence-electron chi connectivity index (χ3n) is 1.24. The Morgan fingerprint density at radius 2 is 2.30 bits per heavy atom. The summed E-state index contributed by atoms with van der Waals surface area (Å²) in [6.45, 7) is 4.01. The monoisotopic (exact) mass is 142 g/mol. The Hall–Kier alpha value is -0.520. The number of hydrogen-bond acceptors (Lipinski definition) is 2. The molecule has 0 amide bonds. The Morgan fingerprint density at radius 1 is 1.70 bits per heavy atom. The first-order valence-electron chi connectivity index (χ1n) is 3.46. The van der Waals surface area contributed by atoms with Gasteiger partial charge in [-0.2, -0.15) is 0 Å². The van der Waals surface area contributed by atoms with Gasteiger partial charge >= 0.3 is 0 Å². The third-order valence-corrected chi connectivity index (χ3v) is 1.24. The quantitative estimate of drug-likeness (QED) is 0.588. The normalized spacial score (nSPS) is 15.8. The van der Waals surface area contributed by atoms with Gasteiger partial charge in [0.1, 0.15) is 6.10 Å². The summed E-state index contributed by atoms with van der Waals surface area (Å²) in [6, 6.07) is 0. The summed E-state index contributed by atoms with van der Waals surface area (Å²) in [6.07, 6.45) is 5.18. The smallest absolute Gasteiger partial charge is 0.115 e. The van der Waals surface area contributed by atoms with Gasteiger partial charge in [0.25, 0.3) is 0 Å². The van der Waals surface area contributed by atoms with Crippen molar-refractivity contribution in [2.24, 2.45) is 0 Å². The number of aliphatic hydroxyl groups is 1. The lowest BCUT2D eigenvalue weighted by molar-refractivity contribution is 0.0184. The van der Waals surface area contributed by atoms with Gasteiger partial charge < -0.3 is 9.84 Å². The van der Waals surface area contributed by atoms with E-state index in [4.69, 9.17) is 16.3 Å². The zero-order valence-electron chi connectivity index (χ0n) is 6.50. The zero-order chi connectivity index (χ0) is 7.98. The van der Waals surface area contributed by atoms with Crippen LogP contribution in [0.15, 0.2) is 0 Å². The van der Waals surface area contributed by atoms with Gasteiger partial charge in [-0.3, -0.25) is 0 Å². The molecule has 2 heteroatoms. The fourth-order valence-corrected chi connectivity index (χ4v) is 0.421. The summed E-state index contributed by atoms with van der Waals surface area (Å²) in [5.41, 5.74) is 0. The predicted octanol–water partition coefficient (Wildman–Crippen LogP) is 0.796. The Bertz CT molecular complexity index is 115. The Morgan fingerprint density at radius 3 is 2.70 bits per heavy atom. The van der Waals surface area contributed by atoms with E-state index in [9.17, 15) is 0 Å². The first-order valence-corrected chi connectivity index (χ1v) is 3.46. The van der Waals surface area contributed by atoms with Crippen LogP contribution in [0.3, 0.4) is 0 Å². The van der Waals surface area contributed by atoms with E-state index < -0.39 is 0 Å². The van der Waals surface area contributed by atoms with E-state index in [0.717, 1.165) is 0 Å². The van der Waals surface area contributed by atoms with Crippen molar-refractivity contribution >= 4 is 0 Å². The van der Waals surface area contributed by atoms with Gasteiger partial charge in [0.15, 0.2) is 0 Å². The van der Waals surface area contributed by atoms with Crippen LogP contribution < -0.4 is 0 Å². The molecular formula is C8H14O2. The van der Waals surface area contributed by atoms with Crippen LogP contribution in [0, 0.1) is 12.3 Å². The van der Waals surface area contributed by atoms with Crippen LogP contribution in [0.4, 0.5) is 0 Å². The van der Waals surface area contributed by atoms with Crippen LogP contribution in [-0.4, -0.2) is 23.9 Å². The molecule has 2 unspecified atom stereocenters. The standard InChI is InChI=1S/C8H14O2/c1-4-7(3)10-6-8(9)5-2/h1,7-9H,5-6H2,2-3H3. The number of hydrogen-bond donors (Lipinski definition) is 1. The molecule has 0 saturated heterocycles. The van der Waals surface area contributed by atoms with Crippen molar-refractivity contribution in [2.75, 3.05) is 6.61 Å². The van der Waals surface area contributed by atoms with Crippen molar-refractivity contribution in [3.63, 3.8) is 0 Å². The molecule has 0 aliphatic heterocycles. The molecule has 0 bridgehead atoms. The molecule has 0 aliphatic carbocycles. The fourth-order valence-electron chi connectivity index (χ4n) is 0.421. The number of rotatable bonds is 4. The van der Waals surface area contributed by atoms with E-state index in [1.807, 2.05) is 6.92 Å². The fraction of sp³-hybridized carbons (Fsp3) is 0.750. The molecule has 0 fully saturated rings. The second kappa shape index (κ2) is 5.28. The molecule has 0 spiro atoms. The minimum atomic E-state index is -0.379. The maximum atomic E-state index is 9.01. The van der Waals surface area contributed by atoms with Crippen molar-refractivity contribution < 1.29 is 9.84 Å². The van der Waals surface area contributed by atoms with Crippen LogP contribution >= 0.6 is 0 Å². The minimum Gasteiger partial charge on any atom is -0.391 e. The summed E-state index contributed by atoms with van der Waals surface area (Å²) in [7, 11) is 0. The van der Waals surface area contributed by atoms with Gasteiger partial charge in [-0.05, 0) is 13.3 Å². The highest BCUT2D eigenvalue weighted by molar-refractivity contribution is 4.91. The maximum absolute atomic E-state index is 9.01. The van der Waals surface area contributed by atoms with Crippen molar-refractivity contribution in [1.82, 2.24) is 0 Å². The lowest BCUT2D eigenvalue weighted by atomic mass is 10.3. The highest BCUT2D eigenvalue weighted by atomic mass is 16.5. The second-order valence-electron chi connectivity index (χ2n) is 2.20. The predicted molar refractivity (Wildman–Crippen MR) is 40.5 cm³/mol. The summed E-state index contributed by atoms with van der Waals surface area (Å²) in [5, 5.41) is 9.01. The third kappa shape index (κ3) is 4.37. The molecule has 0 aromatic heterocycles. The van der Waals surface area contributed by atoms with Crippen molar-refractivity contribution in [1.29, 1.82) is 0 Å². The van der Waals surface area contributed by atoms with Crippen LogP contribution in [0.5, 0.6) is 0 Å². The van der Waals surface area contributed by atoms with E-state index in [1.54, 1.807) is 6.92 Å². The van der Waals surface area contributed by atoms with E-state index >= 15 is 0 Å². The first kappa shape index (κ1) is 9.48. The van der Waals surface area contributed by atoms with Crippen LogP contribution in [0.1, 0.15) is 20.3 Å². The molecule has 0 heterocycles. The van der Waals surface area contributed by atoms with E-state index in [0.29, 0.717) is 13.0 Å². The van der Waals surface area contributed by atoms with E-state index in [1.165, 1.54) is 0 Å². The zero-order valence-corrected chi connectivity index (χ0v) is 6.50. The van der Waals surface area contributed by atoms with E-state index in [2.05, 4.69) is 5.92 Å². The largest absolute Gasteiger partial charge is 0.391 e. The van der Waals surface area contributed by atoms with Gasteiger partial charge in [0, 0.05) is 0 Å². The van der Waals surface area contributed by atoms with Crippen molar-refractivity contribution in [3.8, 4) is 12.3 Å². The molecule has 2 nitrogen and oxygen atoms in total. The second-order valence-corrected chi connectivity index (χ2v) is 2.20. The Labute approximate surface area is 62.2 Å². The number of aliphatic hydroxyl groups excluding tert-OH is 1. The van der Waals surface area contributed by atoms with Crippen LogP contribution in [0.25, 0.3) is 0 Å². The van der Waals surface area contributed by atoms with Crippen LogP contribution in [0.2, 0.25) is 0 Å². The van der Waals surface area contributed by atoms with Gasteiger partial charge in [-0.1, -0.05) is 12.8 Å². The minimum absolute atomic E-state index is 0.193. The molecule has 0 aliphatic rings. The summed E-state index contributed by atoms with van der Waals surface area (Å²) >= 11 is 0. The SMILES string of the molecule is C#CC(C)OCC(O)CC. The van der Waals surface area contributed by atoms with Gasteiger partial charge in [0.05, 0.1) is 12.7 Å².